The van der Waals surface area contributed by atoms with Crippen molar-refractivity contribution in [2.45, 2.75) is 181 Å². The third-order valence-corrected chi connectivity index (χ3v) is 12.7. The molecule has 0 bridgehead atoms. The zero-order valence-corrected chi connectivity index (χ0v) is 35.5. The van der Waals surface area contributed by atoms with Crippen LogP contribution < -0.4 is 0 Å². The molecule has 3 aliphatic heterocycles. The van der Waals surface area contributed by atoms with Gasteiger partial charge in [0.05, 0.1) is 47.8 Å². The topological polar surface area (TPSA) is 158 Å². The number of carbonyl (C=O) groups excluding carboxylic acids is 1. The van der Waals surface area contributed by atoms with Crippen LogP contribution in [0.25, 0.3) is 0 Å². The van der Waals surface area contributed by atoms with Crippen LogP contribution in [-0.4, -0.2) is 133 Å². The Balaban J connectivity index is 2.23. The molecule has 0 radical (unpaired) electrons. The number of ether oxygens (including phenoxy) is 6. The molecule has 3 N–H and O–H groups in total. The number of cyclic esters (lactones) is 1. The third-order valence-electron chi connectivity index (χ3n) is 12.7. The van der Waals surface area contributed by atoms with Crippen molar-refractivity contribution >= 4 is 11.7 Å². The van der Waals surface area contributed by atoms with E-state index in [2.05, 4.69) is 51.8 Å². The largest absolute Gasteiger partial charge is 0.459 e. The Morgan fingerprint density at radius 1 is 0.887 bits per heavy atom. The van der Waals surface area contributed by atoms with Crippen LogP contribution >= 0.6 is 0 Å². The highest BCUT2D eigenvalue weighted by atomic mass is 16.7. The smallest absolute Gasteiger partial charge is 0.311 e. The summed E-state index contributed by atoms with van der Waals surface area (Å²) in [6.45, 7) is 23.0. The first-order valence-corrected chi connectivity index (χ1v) is 19.7. The summed E-state index contributed by atoms with van der Waals surface area (Å²) in [6.07, 6.45) is -4.81. The highest BCUT2D eigenvalue weighted by Crippen LogP contribution is 2.44. The highest BCUT2D eigenvalue weighted by Gasteiger charge is 2.52. The summed E-state index contributed by atoms with van der Waals surface area (Å²) in [5.74, 6) is -2.75. The monoisotopic (exact) mass is 759 g/mol. The van der Waals surface area contributed by atoms with Gasteiger partial charge >= 0.3 is 5.97 Å². The van der Waals surface area contributed by atoms with Crippen LogP contribution in [0.3, 0.4) is 0 Å². The lowest BCUT2D eigenvalue weighted by Crippen LogP contribution is -2.59. The van der Waals surface area contributed by atoms with E-state index in [1.54, 1.807) is 34.8 Å². The number of carbonyl (C=O) groups is 1. The fourth-order valence-electron chi connectivity index (χ4n) is 9.38. The van der Waals surface area contributed by atoms with Crippen molar-refractivity contribution in [3.63, 3.8) is 0 Å². The number of nitrogens with zero attached hydrogens (tertiary/aromatic N) is 2. The van der Waals surface area contributed by atoms with Gasteiger partial charge in [-0.2, -0.15) is 0 Å². The zero-order chi connectivity index (χ0) is 40.4. The highest BCUT2D eigenvalue weighted by molar-refractivity contribution is 5.88. The van der Waals surface area contributed by atoms with Crippen molar-refractivity contribution in [1.82, 2.24) is 4.90 Å². The maximum Gasteiger partial charge on any atom is 0.311 e. The Kier molecular flexibility index (Phi) is 15.8. The normalized spacial score (nSPS) is 47.2. The Morgan fingerprint density at radius 3 is 2.06 bits per heavy atom. The first-order chi connectivity index (χ1) is 24.5. The van der Waals surface area contributed by atoms with Gasteiger partial charge in [0.25, 0.3) is 0 Å². The molecule has 0 spiro atoms. The lowest BCUT2D eigenvalue weighted by molar-refractivity contribution is -0.309. The molecule has 0 aromatic carbocycles. The fraction of sp³-hybridized carbons (Fsp3) is 0.950. The van der Waals surface area contributed by atoms with Crippen molar-refractivity contribution in [3.8, 4) is 0 Å². The van der Waals surface area contributed by atoms with E-state index in [1.165, 1.54) is 14.0 Å². The molecule has 0 saturated carbocycles. The summed E-state index contributed by atoms with van der Waals surface area (Å²) in [5, 5.41) is 39.0. The maximum absolute atomic E-state index is 14.3. The van der Waals surface area contributed by atoms with Crippen LogP contribution in [0.2, 0.25) is 0 Å². The molecule has 53 heavy (non-hydrogen) atoms. The molecule has 3 rings (SSSR count). The molecule has 8 unspecified atom stereocenters. The molecular weight excluding hydrogens is 684 g/mol. The number of hydrogen-bond donors (Lipinski definition) is 3. The van der Waals surface area contributed by atoms with Gasteiger partial charge in [0.1, 0.15) is 24.9 Å². The zero-order valence-electron chi connectivity index (χ0n) is 35.5. The van der Waals surface area contributed by atoms with Crippen molar-refractivity contribution in [3.05, 3.63) is 0 Å². The lowest BCUT2D eigenvalue weighted by atomic mass is 9.69. The molecule has 13 heteroatoms. The number of aliphatic hydroxyl groups excluding tert-OH is 2. The van der Waals surface area contributed by atoms with E-state index in [9.17, 15) is 20.1 Å². The van der Waals surface area contributed by atoms with E-state index in [1.807, 2.05) is 20.8 Å². The van der Waals surface area contributed by atoms with Gasteiger partial charge in [-0.25, -0.2) is 0 Å². The molecule has 3 fully saturated rings. The van der Waals surface area contributed by atoms with Crippen molar-refractivity contribution < 1.29 is 53.4 Å². The van der Waals surface area contributed by atoms with Crippen molar-refractivity contribution in [2.75, 3.05) is 28.3 Å². The number of hydrogen-bond acceptors (Lipinski definition) is 13. The van der Waals surface area contributed by atoms with Gasteiger partial charge in [0.15, 0.2) is 12.6 Å². The molecule has 13 nitrogen and oxygen atoms in total. The minimum absolute atomic E-state index is 0.0243. The standard InChI is InChI=1S/C40H74N2O11/c1-17-29-40(12,46)33(43)24(5)31(41-48-16)21(2)19-38(9,10)35(53-37-23(4)28(42(13)14)18-22(3)49-37)25(6)32(26(7)36(45)51-29)52-30-20-39(11,47-15)34(44)27(8)50-30/h21-30,32-35,37,43-44,46H,17-20H2,1-16H3/t21-,22?,23?,24+,25+,26-,27?,28?,29-,30?,32+,33-,34?,35-,37?,39?,40-/m1/s1. The predicted molar refractivity (Wildman–Crippen MR) is 202 cm³/mol. The molecule has 3 saturated heterocycles. The van der Waals surface area contributed by atoms with Gasteiger partial charge in [-0.3, -0.25) is 4.79 Å². The quantitative estimate of drug-likeness (QED) is 0.231. The van der Waals surface area contributed by atoms with Crippen LogP contribution in [-0.2, 0) is 38.1 Å². The van der Waals surface area contributed by atoms with Crippen LogP contribution in [0.4, 0.5) is 0 Å². The molecule has 0 aromatic heterocycles. The van der Waals surface area contributed by atoms with Crippen molar-refractivity contribution in [1.29, 1.82) is 0 Å². The summed E-state index contributed by atoms with van der Waals surface area (Å²) in [7, 11) is 7.17. The second kappa shape index (κ2) is 18.2. The summed E-state index contributed by atoms with van der Waals surface area (Å²) < 4.78 is 38.8. The molecule has 0 aromatic rings. The summed E-state index contributed by atoms with van der Waals surface area (Å²) in [6, 6.07) is 0.220. The fourth-order valence-corrected chi connectivity index (χ4v) is 9.38. The molecule has 17 atom stereocenters. The van der Waals surface area contributed by atoms with Gasteiger partial charge in [-0.05, 0) is 79.3 Å². The summed E-state index contributed by atoms with van der Waals surface area (Å²) in [4.78, 5) is 21.8. The predicted octanol–water partition coefficient (Wildman–Crippen LogP) is 4.77. The van der Waals surface area contributed by atoms with E-state index in [-0.39, 0.29) is 36.8 Å². The van der Waals surface area contributed by atoms with Gasteiger partial charge in [-0.15, -0.1) is 0 Å². The first kappa shape index (κ1) is 46.0. The van der Waals surface area contributed by atoms with Gasteiger partial charge < -0.3 is 53.5 Å². The Morgan fingerprint density at radius 2 is 1.51 bits per heavy atom. The maximum atomic E-state index is 14.3. The number of oxime groups is 1. The molecule has 310 valence electrons. The second-order valence-electron chi connectivity index (χ2n) is 17.8. The lowest BCUT2D eigenvalue weighted by Gasteiger charge is -2.50. The van der Waals surface area contributed by atoms with E-state index < -0.39 is 89.5 Å². The number of esters is 1. The Hall–Kier alpha value is -1.42. The summed E-state index contributed by atoms with van der Waals surface area (Å²) >= 11 is 0. The van der Waals surface area contributed by atoms with Crippen LogP contribution in [0, 0.1) is 35.0 Å². The van der Waals surface area contributed by atoms with Gasteiger partial charge in [0.2, 0.25) is 0 Å². The van der Waals surface area contributed by atoms with Gasteiger partial charge in [-0.1, -0.05) is 53.6 Å². The number of methoxy groups -OCH3 is 1. The van der Waals surface area contributed by atoms with E-state index in [4.69, 9.17) is 33.3 Å². The van der Waals surface area contributed by atoms with E-state index in [0.717, 1.165) is 6.42 Å². The minimum atomic E-state index is -1.82. The third kappa shape index (κ3) is 10.1. The van der Waals surface area contributed by atoms with Gasteiger partial charge in [0, 0.05) is 37.3 Å². The second-order valence-corrected chi connectivity index (χ2v) is 17.8. The molecule has 0 amide bonds. The van der Waals surface area contributed by atoms with Crippen LogP contribution in [0.1, 0.15) is 109 Å². The van der Waals surface area contributed by atoms with Crippen LogP contribution in [0.15, 0.2) is 5.16 Å². The van der Waals surface area contributed by atoms with E-state index in [0.29, 0.717) is 12.1 Å². The minimum Gasteiger partial charge on any atom is -0.459 e. The number of rotatable bonds is 8. The Labute approximate surface area is 319 Å². The Bertz CT molecular complexity index is 1220. The average molecular weight is 759 g/mol. The van der Waals surface area contributed by atoms with E-state index >= 15 is 0 Å². The summed E-state index contributed by atoms with van der Waals surface area (Å²) in [5.41, 5.74) is -2.81. The SMILES string of the molecule is CC[C@H]1OC(=O)[C@H](C)[C@@H](OC2CC(C)(OC)C(O)C(C)O2)[C@H](C)[C@@H](OC2OC(C)CC(N(C)C)C2C)C(C)(C)C[C@@H](C)C(=NOC)[C@H](C)[C@@H](O)[C@]1(C)O. The molecule has 3 heterocycles. The first-order valence-electron chi connectivity index (χ1n) is 19.7. The molecule has 3 aliphatic rings. The average Bonchev–Trinajstić information content (AvgIpc) is 3.08. The molecule has 0 aliphatic carbocycles. The number of aliphatic hydroxyl groups is 3. The van der Waals surface area contributed by atoms with Crippen LogP contribution in [0.5, 0.6) is 0 Å². The molecular formula is C40H74N2O11. The van der Waals surface area contributed by atoms with Crippen molar-refractivity contribution in [2.24, 2.45) is 40.2 Å².